The molecule has 1 aliphatic carbocycles. The first kappa shape index (κ1) is 15.3. The average molecular weight is 267 g/mol. The third kappa shape index (κ3) is 4.44. The first-order chi connectivity index (χ1) is 9.20. The van der Waals surface area contributed by atoms with Gasteiger partial charge in [-0.2, -0.15) is 0 Å². The molecule has 0 aromatic carbocycles. The molecule has 2 fully saturated rings. The van der Waals surface area contributed by atoms with Gasteiger partial charge < -0.3 is 15.1 Å². The van der Waals surface area contributed by atoms with Gasteiger partial charge in [0.15, 0.2) is 0 Å². The first-order valence-electron chi connectivity index (χ1n) is 8.33. The Morgan fingerprint density at radius 2 is 2.00 bits per heavy atom. The van der Waals surface area contributed by atoms with Crippen molar-refractivity contribution in [3.05, 3.63) is 0 Å². The van der Waals surface area contributed by atoms with Crippen molar-refractivity contribution < 1.29 is 0 Å². The van der Waals surface area contributed by atoms with Crippen molar-refractivity contribution in [2.45, 2.75) is 57.5 Å². The molecule has 0 amide bonds. The minimum atomic E-state index is 0.781. The second-order valence-corrected chi connectivity index (χ2v) is 6.75. The van der Waals surface area contributed by atoms with E-state index in [1.54, 1.807) is 0 Å². The van der Waals surface area contributed by atoms with Crippen LogP contribution in [0.1, 0.15) is 45.4 Å². The summed E-state index contributed by atoms with van der Waals surface area (Å²) >= 11 is 0. The second-order valence-electron chi connectivity index (χ2n) is 6.75. The second kappa shape index (κ2) is 7.61. The summed E-state index contributed by atoms with van der Waals surface area (Å²) in [5.41, 5.74) is 0. The third-order valence-electron chi connectivity index (χ3n) is 5.06. The number of likely N-dealkylation sites (tertiary alicyclic amines) is 1. The quantitative estimate of drug-likeness (QED) is 0.763. The predicted molar refractivity (Wildman–Crippen MR) is 82.6 cm³/mol. The number of rotatable bonds is 7. The fraction of sp³-hybridized carbons (Fsp3) is 1.00. The summed E-state index contributed by atoms with van der Waals surface area (Å²) in [4.78, 5) is 5.13. The molecule has 112 valence electrons. The minimum absolute atomic E-state index is 0.781. The Balaban J connectivity index is 1.72. The Morgan fingerprint density at radius 1 is 1.16 bits per heavy atom. The van der Waals surface area contributed by atoms with E-state index in [0.29, 0.717) is 0 Å². The van der Waals surface area contributed by atoms with E-state index >= 15 is 0 Å². The van der Waals surface area contributed by atoms with Gasteiger partial charge in [-0.25, -0.2) is 0 Å². The van der Waals surface area contributed by atoms with E-state index < -0.39 is 0 Å². The van der Waals surface area contributed by atoms with Crippen LogP contribution in [0.15, 0.2) is 0 Å². The first-order valence-corrected chi connectivity index (χ1v) is 8.33. The summed E-state index contributed by atoms with van der Waals surface area (Å²) in [6, 6.07) is 1.58. The zero-order valence-electron chi connectivity index (χ0n) is 13.2. The molecule has 3 unspecified atom stereocenters. The summed E-state index contributed by atoms with van der Waals surface area (Å²) in [7, 11) is 4.61. The van der Waals surface area contributed by atoms with Crippen molar-refractivity contribution >= 4 is 0 Å². The molecular weight excluding hydrogens is 234 g/mol. The molecule has 0 bridgehead atoms. The lowest BCUT2D eigenvalue weighted by Crippen LogP contribution is -2.42. The summed E-state index contributed by atoms with van der Waals surface area (Å²) in [6.07, 6.45) is 8.27. The SMILES string of the molecule is CCCNC1CCCC1CN(C)CC1CCCN1C. The maximum Gasteiger partial charge on any atom is 0.0220 e. The predicted octanol–water partition coefficient (Wildman–Crippen LogP) is 2.18. The highest BCUT2D eigenvalue weighted by Crippen LogP contribution is 2.26. The van der Waals surface area contributed by atoms with Crippen molar-refractivity contribution in [2.24, 2.45) is 5.92 Å². The monoisotopic (exact) mass is 267 g/mol. The number of likely N-dealkylation sites (N-methyl/N-ethyl adjacent to an activating group) is 2. The molecule has 0 aromatic heterocycles. The molecule has 3 atom stereocenters. The molecule has 1 saturated heterocycles. The van der Waals surface area contributed by atoms with Gasteiger partial charge in [0.1, 0.15) is 0 Å². The van der Waals surface area contributed by atoms with Crippen LogP contribution in [-0.4, -0.2) is 62.2 Å². The zero-order valence-corrected chi connectivity index (χ0v) is 13.2. The number of nitrogens with zero attached hydrogens (tertiary/aromatic N) is 2. The fourth-order valence-electron chi connectivity index (χ4n) is 3.90. The Labute approximate surface area is 119 Å². The highest BCUT2D eigenvalue weighted by Gasteiger charge is 2.29. The minimum Gasteiger partial charge on any atom is -0.314 e. The van der Waals surface area contributed by atoms with Gasteiger partial charge >= 0.3 is 0 Å². The summed E-state index contributed by atoms with van der Waals surface area (Å²) < 4.78 is 0. The van der Waals surface area contributed by atoms with Gasteiger partial charge in [-0.3, -0.25) is 0 Å². The van der Waals surface area contributed by atoms with Gasteiger partial charge in [0, 0.05) is 25.2 Å². The Hall–Kier alpha value is -0.120. The van der Waals surface area contributed by atoms with Gasteiger partial charge in [-0.05, 0) is 65.2 Å². The van der Waals surface area contributed by atoms with Crippen LogP contribution in [-0.2, 0) is 0 Å². The van der Waals surface area contributed by atoms with Crippen LogP contribution in [0, 0.1) is 5.92 Å². The fourth-order valence-corrected chi connectivity index (χ4v) is 3.90. The third-order valence-corrected chi connectivity index (χ3v) is 5.06. The molecule has 19 heavy (non-hydrogen) atoms. The molecule has 1 aliphatic heterocycles. The Bertz CT molecular complexity index is 256. The maximum atomic E-state index is 3.75. The number of hydrogen-bond donors (Lipinski definition) is 1. The molecule has 3 heteroatoms. The Morgan fingerprint density at radius 3 is 2.68 bits per heavy atom. The van der Waals surface area contributed by atoms with Crippen molar-refractivity contribution in [3.63, 3.8) is 0 Å². The molecule has 1 saturated carbocycles. The standard InChI is InChI=1S/C16H33N3/c1-4-10-17-16-9-5-7-14(16)12-18(2)13-15-8-6-11-19(15)3/h14-17H,4-13H2,1-3H3. The van der Waals surface area contributed by atoms with Crippen LogP contribution in [0.5, 0.6) is 0 Å². The molecule has 0 spiro atoms. The van der Waals surface area contributed by atoms with Gasteiger partial charge in [0.25, 0.3) is 0 Å². The lowest BCUT2D eigenvalue weighted by atomic mass is 10.0. The molecule has 3 nitrogen and oxygen atoms in total. The van der Waals surface area contributed by atoms with Crippen molar-refractivity contribution in [1.82, 2.24) is 15.1 Å². The molecule has 1 N–H and O–H groups in total. The maximum absolute atomic E-state index is 3.75. The van der Waals surface area contributed by atoms with E-state index in [9.17, 15) is 0 Å². The van der Waals surface area contributed by atoms with Crippen LogP contribution >= 0.6 is 0 Å². The van der Waals surface area contributed by atoms with E-state index in [-0.39, 0.29) is 0 Å². The molecule has 2 aliphatic rings. The van der Waals surface area contributed by atoms with E-state index in [1.165, 1.54) is 64.7 Å². The normalized spacial score (nSPS) is 32.5. The molecule has 0 radical (unpaired) electrons. The molecule has 1 heterocycles. The van der Waals surface area contributed by atoms with Crippen LogP contribution in [0.3, 0.4) is 0 Å². The van der Waals surface area contributed by atoms with Crippen LogP contribution in [0.2, 0.25) is 0 Å². The molecule has 0 aromatic rings. The lowest BCUT2D eigenvalue weighted by molar-refractivity contribution is 0.190. The van der Waals surface area contributed by atoms with Crippen molar-refractivity contribution in [1.29, 1.82) is 0 Å². The van der Waals surface area contributed by atoms with Crippen LogP contribution < -0.4 is 5.32 Å². The summed E-state index contributed by atoms with van der Waals surface area (Å²) in [5, 5.41) is 3.75. The number of hydrogen-bond acceptors (Lipinski definition) is 3. The van der Waals surface area contributed by atoms with Gasteiger partial charge in [-0.15, -0.1) is 0 Å². The van der Waals surface area contributed by atoms with E-state index in [1.807, 2.05) is 0 Å². The molecule has 2 rings (SSSR count). The van der Waals surface area contributed by atoms with Gasteiger partial charge in [0.2, 0.25) is 0 Å². The summed E-state index contributed by atoms with van der Waals surface area (Å²) in [6.45, 7) is 7.29. The lowest BCUT2D eigenvalue weighted by Gasteiger charge is -2.30. The molecular formula is C16H33N3. The van der Waals surface area contributed by atoms with Gasteiger partial charge in [0.05, 0.1) is 0 Å². The van der Waals surface area contributed by atoms with Crippen LogP contribution in [0.25, 0.3) is 0 Å². The van der Waals surface area contributed by atoms with Crippen molar-refractivity contribution in [3.8, 4) is 0 Å². The zero-order chi connectivity index (χ0) is 13.7. The van der Waals surface area contributed by atoms with Gasteiger partial charge in [-0.1, -0.05) is 13.3 Å². The topological polar surface area (TPSA) is 18.5 Å². The smallest absolute Gasteiger partial charge is 0.0220 e. The van der Waals surface area contributed by atoms with E-state index in [2.05, 4.69) is 36.1 Å². The highest BCUT2D eigenvalue weighted by atomic mass is 15.2. The summed E-state index contributed by atoms with van der Waals surface area (Å²) in [5.74, 6) is 0.878. The van der Waals surface area contributed by atoms with E-state index in [4.69, 9.17) is 0 Å². The highest BCUT2D eigenvalue weighted by molar-refractivity contribution is 4.86. The largest absolute Gasteiger partial charge is 0.314 e. The van der Waals surface area contributed by atoms with Crippen molar-refractivity contribution in [2.75, 3.05) is 40.3 Å². The average Bonchev–Trinajstić information content (AvgIpc) is 2.97. The van der Waals surface area contributed by atoms with Crippen LogP contribution in [0.4, 0.5) is 0 Å². The van der Waals surface area contributed by atoms with E-state index in [0.717, 1.165) is 18.0 Å². The Kier molecular flexibility index (Phi) is 6.11. The number of nitrogens with one attached hydrogen (secondary N) is 1.